The number of hydrogen-bond donors (Lipinski definition) is 2. The summed E-state index contributed by atoms with van der Waals surface area (Å²) in [5, 5.41) is 7.36. The minimum Gasteiger partial charge on any atom is -0.493 e. The van der Waals surface area contributed by atoms with Crippen LogP contribution in [0.2, 0.25) is 0 Å². The Morgan fingerprint density at radius 2 is 1.81 bits per heavy atom. The van der Waals surface area contributed by atoms with Crippen LogP contribution in [0.15, 0.2) is 72.3 Å². The number of hydrogen-bond acceptors (Lipinski definition) is 7. The molecule has 1 aliphatic rings. The molecule has 6 rings (SSSR count). The molecule has 2 heterocycles. The van der Waals surface area contributed by atoms with Crippen molar-refractivity contribution in [2.75, 3.05) is 19.5 Å². The van der Waals surface area contributed by atoms with Gasteiger partial charge in [0.15, 0.2) is 11.5 Å². The highest BCUT2D eigenvalue weighted by Gasteiger charge is 2.20. The molecule has 0 fully saturated rings. The van der Waals surface area contributed by atoms with Crippen molar-refractivity contribution in [1.82, 2.24) is 15.3 Å². The molecule has 0 saturated heterocycles. The van der Waals surface area contributed by atoms with E-state index in [1.807, 2.05) is 55.5 Å². The molecule has 2 aromatic heterocycles. The Hall–Kier alpha value is -4.76. The SMILES string of the molecule is COc1cc2nc(C)nc(NC(C)c3ccc(-c4ccc(F)cc4CNC(=O)C4=Cc5ccccc5C4)s3)c2cc1OC. The van der Waals surface area contributed by atoms with E-state index < -0.39 is 0 Å². The summed E-state index contributed by atoms with van der Waals surface area (Å²) in [6, 6.07) is 20.4. The van der Waals surface area contributed by atoms with Crippen molar-refractivity contribution < 1.29 is 18.7 Å². The summed E-state index contributed by atoms with van der Waals surface area (Å²) in [6.45, 7) is 4.14. The van der Waals surface area contributed by atoms with Crippen molar-refractivity contribution >= 4 is 40.0 Å². The molecule has 0 saturated carbocycles. The van der Waals surface area contributed by atoms with Crippen molar-refractivity contribution in [1.29, 1.82) is 0 Å². The highest BCUT2D eigenvalue weighted by atomic mass is 32.1. The fourth-order valence-corrected chi connectivity index (χ4v) is 6.42. The molecule has 0 radical (unpaired) electrons. The van der Waals surface area contributed by atoms with Gasteiger partial charge in [-0.2, -0.15) is 0 Å². The summed E-state index contributed by atoms with van der Waals surface area (Å²) in [5.41, 5.74) is 5.27. The number of nitrogens with zero attached hydrogens (tertiary/aromatic N) is 2. The monoisotopic (exact) mass is 594 g/mol. The number of fused-ring (bicyclic) bond motifs is 2. The van der Waals surface area contributed by atoms with Crippen LogP contribution in [-0.4, -0.2) is 30.1 Å². The summed E-state index contributed by atoms with van der Waals surface area (Å²) in [7, 11) is 3.20. The van der Waals surface area contributed by atoms with Gasteiger partial charge in [0.05, 0.1) is 25.8 Å². The zero-order valence-corrected chi connectivity index (χ0v) is 25.1. The van der Waals surface area contributed by atoms with Crippen molar-refractivity contribution in [2.45, 2.75) is 32.9 Å². The van der Waals surface area contributed by atoms with Gasteiger partial charge in [0.1, 0.15) is 17.5 Å². The van der Waals surface area contributed by atoms with E-state index in [-0.39, 0.29) is 24.3 Å². The molecule has 5 aromatic rings. The van der Waals surface area contributed by atoms with E-state index in [4.69, 9.17) is 9.47 Å². The number of aryl methyl sites for hydroxylation is 1. The highest BCUT2D eigenvalue weighted by Crippen LogP contribution is 2.38. The Balaban J connectivity index is 1.21. The molecular formula is C34H31FN4O3S. The van der Waals surface area contributed by atoms with Crippen LogP contribution in [-0.2, 0) is 17.8 Å². The Kier molecular flexibility index (Phi) is 7.82. The molecule has 1 aliphatic carbocycles. The van der Waals surface area contributed by atoms with Crippen LogP contribution in [0.4, 0.5) is 10.2 Å². The maximum atomic E-state index is 14.3. The lowest BCUT2D eigenvalue weighted by Crippen LogP contribution is -2.24. The zero-order chi connectivity index (χ0) is 30.1. The van der Waals surface area contributed by atoms with E-state index in [0.29, 0.717) is 35.1 Å². The van der Waals surface area contributed by atoms with Gasteiger partial charge in [-0.1, -0.05) is 30.3 Å². The third-order valence-corrected chi connectivity index (χ3v) is 8.85. The van der Waals surface area contributed by atoms with E-state index in [2.05, 4.69) is 33.6 Å². The van der Waals surface area contributed by atoms with Crippen molar-refractivity contribution in [2.24, 2.45) is 0 Å². The smallest absolute Gasteiger partial charge is 0.247 e. The van der Waals surface area contributed by atoms with E-state index in [9.17, 15) is 9.18 Å². The van der Waals surface area contributed by atoms with Gasteiger partial charge in [-0.15, -0.1) is 11.3 Å². The first-order valence-corrected chi connectivity index (χ1v) is 14.8. The molecular weight excluding hydrogens is 563 g/mol. The standard InChI is InChI=1S/C34H31FN4O3S/c1-19(37-33-27-16-29(41-3)30(42-4)17-28(27)38-20(2)39-33)31-11-12-32(43-31)26-10-9-25(35)15-24(26)18-36-34(40)23-13-21-7-5-6-8-22(21)14-23/h5-13,15-17,19H,14,18H2,1-4H3,(H,36,40)(H,37,38,39). The number of aromatic nitrogens is 2. The first-order valence-electron chi connectivity index (χ1n) is 13.9. The molecule has 1 unspecified atom stereocenters. The van der Waals surface area contributed by atoms with Gasteiger partial charge in [-0.05, 0) is 72.5 Å². The van der Waals surface area contributed by atoms with E-state index in [1.54, 1.807) is 31.6 Å². The van der Waals surface area contributed by atoms with Crippen LogP contribution in [0.25, 0.3) is 27.4 Å². The summed E-state index contributed by atoms with van der Waals surface area (Å²) in [5.74, 6) is 2.05. The lowest BCUT2D eigenvalue weighted by Gasteiger charge is -2.17. The molecule has 9 heteroatoms. The first kappa shape index (κ1) is 28.4. The van der Waals surface area contributed by atoms with Gasteiger partial charge in [0, 0.05) is 39.7 Å². The van der Waals surface area contributed by atoms with Crippen molar-refractivity contribution in [3.05, 3.63) is 106 Å². The molecule has 0 bridgehead atoms. The summed E-state index contributed by atoms with van der Waals surface area (Å²) in [4.78, 5) is 24.3. The molecule has 43 heavy (non-hydrogen) atoms. The van der Waals surface area contributed by atoms with Gasteiger partial charge >= 0.3 is 0 Å². The Bertz CT molecular complexity index is 1880. The van der Waals surface area contributed by atoms with Crippen LogP contribution < -0.4 is 20.1 Å². The van der Waals surface area contributed by atoms with Crippen LogP contribution in [0.1, 0.15) is 40.4 Å². The number of rotatable bonds is 9. The Labute approximate surface area is 253 Å². The number of nitrogens with one attached hydrogen (secondary N) is 2. The number of amides is 1. The normalized spacial score (nSPS) is 12.9. The maximum Gasteiger partial charge on any atom is 0.247 e. The van der Waals surface area contributed by atoms with E-state index in [1.165, 1.54) is 12.1 Å². The first-order chi connectivity index (χ1) is 20.8. The average molecular weight is 595 g/mol. The predicted molar refractivity (Wildman–Crippen MR) is 169 cm³/mol. The average Bonchev–Trinajstić information content (AvgIpc) is 3.67. The third kappa shape index (κ3) is 5.81. The highest BCUT2D eigenvalue weighted by molar-refractivity contribution is 7.15. The number of anilines is 1. The minimum absolute atomic E-state index is 0.0797. The second-order valence-corrected chi connectivity index (χ2v) is 11.6. The molecule has 218 valence electrons. The second-order valence-electron chi connectivity index (χ2n) is 10.4. The Morgan fingerprint density at radius 1 is 1.02 bits per heavy atom. The number of thiophene rings is 1. The second kappa shape index (κ2) is 11.9. The van der Waals surface area contributed by atoms with E-state index >= 15 is 0 Å². The zero-order valence-electron chi connectivity index (χ0n) is 24.3. The van der Waals surface area contributed by atoms with Crippen LogP contribution in [0.3, 0.4) is 0 Å². The number of carbonyl (C=O) groups is 1. The maximum absolute atomic E-state index is 14.3. The van der Waals surface area contributed by atoms with E-state index in [0.717, 1.165) is 42.9 Å². The quantitative estimate of drug-likeness (QED) is 0.187. The lowest BCUT2D eigenvalue weighted by atomic mass is 10.1. The molecule has 7 nitrogen and oxygen atoms in total. The predicted octanol–water partition coefficient (Wildman–Crippen LogP) is 7.25. The fourth-order valence-electron chi connectivity index (χ4n) is 5.35. The van der Waals surface area contributed by atoms with Crippen molar-refractivity contribution in [3.63, 3.8) is 0 Å². The number of methoxy groups -OCH3 is 2. The topological polar surface area (TPSA) is 85.4 Å². The largest absolute Gasteiger partial charge is 0.493 e. The fraction of sp³-hybridized carbons (Fsp3) is 0.206. The molecule has 2 N–H and O–H groups in total. The summed E-state index contributed by atoms with van der Waals surface area (Å²) >= 11 is 1.61. The summed E-state index contributed by atoms with van der Waals surface area (Å²) in [6.07, 6.45) is 2.52. The van der Waals surface area contributed by atoms with Gasteiger partial charge in [0.2, 0.25) is 5.91 Å². The van der Waals surface area contributed by atoms with Gasteiger partial charge in [0.25, 0.3) is 0 Å². The molecule has 0 aliphatic heterocycles. The number of benzene rings is 3. The number of ether oxygens (including phenoxy) is 2. The summed E-state index contributed by atoms with van der Waals surface area (Å²) < 4.78 is 25.3. The van der Waals surface area contributed by atoms with Crippen LogP contribution >= 0.6 is 11.3 Å². The number of carbonyl (C=O) groups excluding carboxylic acids is 1. The molecule has 0 spiro atoms. The Morgan fingerprint density at radius 3 is 2.60 bits per heavy atom. The lowest BCUT2D eigenvalue weighted by molar-refractivity contribution is -0.117. The molecule has 1 atom stereocenters. The van der Waals surface area contributed by atoms with Gasteiger partial charge < -0.3 is 20.1 Å². The van der Waals surface area contributed by atoms with Crippen LogP contribution in [0, 0.1) is 12.7 Å². The van der Waals surface area contributed by atoms with Gasteiger partial charge in [-0.25, -0.2) is 14.4 Å². The third-order valence-electron chi connectivity index (χ3n) is 7.55. The molecule has 1 amide bonds. The molecule has 3 aromatic carbocycles. The number of halogens is 1. The van der Waals surface area contributed by atoms with Crippen LogP contribution in [0.5, 0.6) is 11.5 Å². The van der Waals surface area contributed by atoms with Gasteiger partial charge in [-0.3, -0.25) is 4.79 Å². The minimum atomic E-state index is -0.342. The van der Waals surface area contributed by atoms with Crippen molar-refractivity contribution in [3.8, 4) is 21.9 Å².